The fraction of sp³-hybridized carbons (Fsp3) is 0.929. The van der Waals surface area contributed by atoms with Crippen LogP contribution in [0.15, 0.2) is 0 Å². The SMILES string of the molecule is CC(N)C(C)C(=O)N1CC2CCCCN2CC1C.Cl.Cl. The molecule has 2 heterocycles. The summed E-state index contributed by atoms with van der Waals surface area (Å²) in [7, 11) is 0. The molecule has 0 radical (unpaired) electrons. The normalized spacial score (nSPS) is 29.5. The Morgan fingerprint density at radius 1 is 1.20 bits per heavy atom. The third kappa shape index (κ3) is 4.23. The van der Waals surface area contributed by atoms with Gasteiger partial charge in [0.25, 0.3) is 0 Å². The van der Waals surface area contributed by atoms with Crippen LogP contribution < -0.4 is 5.73 Å². The van der Waals surface area contributed by atoms with Crippen molar-refractivity contribution in [1.29, 1.82) is 0 Å². The summed E-state index contributed by atoms with van der Waals surface area (Å²) in [6.45, 7) is 9.17. The smallest absolute Gasteiger partial charge is 0.227 e. The van der Waals surface area contributed by atoms with Crippen LogP contribution in [0.2, 0.25) is 0 Å². The van der Waals surface area contributed by atoms with E-state index in [4.69, 9.17) is 5.73 Å². The number of halogens is 2. The number of hydrogen-bond acceptors (Lipinski definition) is 3. The fourth-order valence-corrected chi connectivity index (χ4v) is 3.15. The summed E-state index contributed by atoms with van der Waals surface area (Å²) < 4.78 is 0. The van der Waals surface area contributed by atoms with Crippen LogP contribution in [0.5, 0.6) is 0 Å². The maximum Gasteiger partial charge on any atom is 0.227 e. The topological polar surface area (TPSA) is 49.6 Å². The van der Waals surface area contributed by atoms with Gasteiger partial charge in [-0.2, -0.15) is 0 Å². The molecule has 0 bridgehead atoms. The number of carbonyl (C=O) groups excluding carboxylic acids is 1. The molecular weight excluding hydrogens is 297 g/mol. The van der Waals surface area contributed by atoms with E-state index in [-0.39, 0.29) is 42.7 Å². The first-order valence-corrected chi connectivity index (χ1v) is 7.30. The van der Waals surface area contributed by atoms with Gasteiger partial charge in [-0.3, -0.25) is 9.69 Å². The lowest BCUT2D eigenvalue weighted by Crippen LogP contribution is -2.61. The third-order valence-electron chi connectivity index (χ3n) is 4.65. The van der Waals surface area contributed by atoms with Crippen LogP contribution in [0.1, 0.15) is 40.0 Å². The van der Waals surface area contributed by atoms with Gasteiger partial charge in [-0.05, 0) is 33.2 Å². The summed E-state index contributed by atoms with van der Waals surface area (Å²) in [6, 6.07) is 0.848. The van der Waals surface area contributed by atoms with Crippen molar-refractivity contribution in [2.45, 2.75) is 58.2 Å². The highest BCUT2D eigenvalue weighted by Gasteiger charge is 2.36. The number of amides is 1. The highest BCUT2D eigenvalue weighted by atomic mass is 35.5. The maximum atomic E-state index is 12.5. The van der Waals surface area contributed by atoms with E-state index in [1.165, 1.54) is 25.8 Å². The van der Waals surface area contributed by atoms with Gasteiger partial charge >= 0.3 is 0 Å². The third-order valence-corrected chi connectivity index (χ3v) is 4.65. The standard InChI is InChI=1S/C14H27N3O.2ClH/c1-10-8-16-7-5-4-6-13(16)9-17(10)14(18)11(2)12(3)15;;/h10-13H,4-9,15H2,1-3H3;2*1H. The molecule has 0 aliphatic carbocycles. The van der Waals surface area contributed by atoms with Gasteiger partial charge in [0.2, 0.25) is 5.91 Å². The summed E-state index contributed by atoms with van der Waals surface area (Å²) in [5.41, 5.74) is 5.86. The van der Waals surface area contributed by atoms with Crippen molar-refractivity contribution in [1.82, 2.24) is 9.80 Å². The molecule has 2 rings (SSSR count). The second-order valence-corrected chi connectivity index (χ2v) is 6.13. The van der Waals surface area contributed by atoms with Gasteiger partial charge in [0.15, 0.2) is 0 Å². The Bertz CT molecular complexity index is 315. The molecule has 0 spiro atoms. The van der Waals surface area contributed by atoms with E-state index in [0.717, 1.165) is 13.1 Å². The molecule has 6 heteroatoms. The lowest BCUT2D eigenvalue weighted by atomic mass is 9.95. The first-order chi connectivity index (χ1) is 8.50. The van der Waals surface area contributed by atoms with E-state index in [2.05, 4.69) is 16.7 Å². The van der Waals surface area contributed by atoms with Gasteiger partial charge in [0.1, 0.15) is 0 Å². The summed E-state index contributed by atoms with van der Waals surface area (Å²) in [4.78, 5) is 17.1. The monoisotopic (exact) mass is 325 g/mol. The molecule has 2 fully saturated rings. The molecule has 0 aromatic rings. The van der Waals surface area contributed by atoms with Crippen molar-refractivity contribution < 1.29 is 4.79 Å². The molecule has 20 heavy (non-hydrogen) atoms. The van der Waals surface area contributed by atoms with E-state index in [1.807, 2.05) is 13.8 Å². The predicted molar refractivity (Wildman–Crippen MR) is 87.7 cm³/mol. The first-order valence-electron chi connectivity index (χ1n) is 7.30. The lowest BCUT2D eigenvalue weighted by Gasteiger charge is -2.48. The Morgan fingerprint density at radius 2 is 1.85 bits per heavy atom. The average Bonchev–Trinajstić information content (AvgIpc) is 2.36. The van der Waals surface area contributed by atoms with Crippen molar-refractivity contribution in [3.05, 3.63) is 0 Å². The minimum absolute atomic E-state index is 0. The quantitative estimate of drug-likeness (QED) is 0.843. The van der Waals surface area contributed by atoms with Crippen molar-refractivity contribution >= 4 is 30.7 Å². The van der Waals surface area contributed by atoms with Gasteiger partial charge in [-0.1, -0.05) is 13.3 Å². The van der Waals surface area contributed by atoms with Crippen LogP contribution in [0.4, 0.5) is 0 Å². The first kappa shape index (κ1) is 20.0. The summed E-state index contributed by atoms with van der Waals surface area (Å²) in [5, 5.41) is 0. The largest absolute Gasteiger partial charge is 0.337 e. The number of nitrogens with two attached hydrogens (primary N) is 1. The molecule has 4 nitrogen and oxygen atoms in total. The van der Waals surface area contributed by atoms with Gasteiger partial charge in [-0.15, -0.1) is 24.8 Å². The second kappa shape index (κ2) is 8.42. The highest BCUT2D eigenvalue weighted by Crippen LogP contribution is 2.25. The van der Waals surface area contributed by atoms with Crippen LogP contribution in [0.25, 0.3) is 0 Å². The average molecular weight is 326 g/mol. The number of rotatable bonds is 2. The van der Waals surface area contributed by atoms with Gasteiger partial charge in [0.05, 0.1) is 5.92 Å². The Kier molecular flexibility index (Phi) is 8.41. The van der Waals surface area contributed by atoms with Gasteiger partial charge in [0, 0.05) is 31.2 Å². The number of carbonyl (C=O) groups is 1. The molecule has 4 unspecified atom stereocenters. The summed E-state index contributed by atoms with van der Waals surface area (Å²) >= 11 is 0. The number of piperidine rings is 1. The lowest BCUT2D eigenvalue weighted by molar-refractivity contribution is -0.142. The molecule has 2 aliphatic rings. The number of hydrogen-bond donors (Lipinski definition) is 1. The number of piperazine rings is 1. The molecule has 4 atom stereocenters. The molecule has 0 saturated carbocycles. The molecule has 2 N–H and O–H groups in total. The van der Waals surface area contributed by atoms with Crippen LogP contribution in [0, 0.1) is 5.92 Å². The molecule has 2 saturated heterocycles. The molecule has 1 amide bonds. The number of fused-ring (bicyclic) bond motifs is 1. The fourth-order valence-electron chi connectivity index (χ4n) is 3.15. The molecule has 0 aromatic heterocycles. The van der Waals surface area contributed by atoms with E-state index >= 15 is 0 Å². The van der Waals surface area contributed by atoms with Crippen molar-refractivity contribution in [3.63, 3.8) is 0 Å². The van der Waals surface area contributed by atoms with E-state index < -0.39 is 0 Å². The Morgan fingerprint density at radius 3 is 2.45 bits per heavy atom. The second-order valence-electron chi connectivity index (χ2n) is 6.13. The van der Waals surface area contributed by atoms with Gasteiger partial charge in [-0.25, -0.2) is 0 Å². The zero-order valence-electron chi connectivity index (χ0n) is 12.7. The minimum Gasteiger partial charge on any atom is -0.337 e. The Balaban J connectivity index is 0.00000180. The molecule has 2 aliphatic heterocycles. The highest BCUT2D eigenvalue weighted by molar-refractivity contribution is 5.85. The van der Waals surface area contributed by atoms with Gasteiger partial charge < -0.3 is 10.6 Å². The molecule has 0 aromatic carbocycles. The predicted octanol–water partition coefficient (Wildman–Crippen LogP) is 1.90. The van der Waals surface area contributed by atoms with Crippen LogP contribution >= 0.6 is 24.8 Å². The van der Waals surface area contributed by atoms with Crippen molar-refractivity contribution in [2.75, 3.05) is 19.6 Å². The zero-order valence-corrected chi connectivity index (χ0v) is 14.4. The van der Waals surface area contributed by atoms with E-state index in [1.54, 1.807) is 0 Å². The van der Waals surface area contributed by atoms with Crippen molar-refractivity contribution in [3.8, 4) is 0 Å². The Labute approximate surface area is 135 Å². The number of nitrogens with zero attached hydrogens (tertiary/aromatic N) is 2. The Hall–Kier alpha value is -0.0300. The van der Waals surface area contributed by atoms with Crippen LogP contribution in [-0.2, 0) is 4.79 Å². The molecule has 120 valence electrons. The van der Waals surface area contributed by atoms with E-state index in [0.29, 0.717) is 12.1 Å². The summed E-state index contributed by atoms with van der Waals surface area (Å²) in [5.74, 6) is 0.172. The van der Waals surface area contributed by atoms with Crippen LogP contribution in [0.3, 0.4) is 0 Å². The summed E-state index contributed by atoms with van der Waals surface area (Å²) in [6.07, 6.45) is 3.86. The molecular formula is C14H29Cl2N3O. The maximum absolute atomic E-state index is 12.5. The van der Waals surface area contributed by atoms with Crippen LogP contribution in [-0.4, -0.2) is 53.5 Å². The minimum atomic E-state index is -0.0670. The van der Waals surface area contributed by atoms with Crippen molar-refractivity contribution in [2.24, 2.45) is 11.7 Å². The zero-order chi connectivity index (χ0) is 13.3. The van der Waals surface area contributed by atoms with E-state index in [9.17, 15) is 4.79 Å².